The van der Waals surface area contributed by atoms with E-state index in [2.05, 4.69) is 41.1 Å². The molecule has 3 aromatic heterocycles. The molecule has 0 spiro atoms. The van der Waals surface area contributed by atoms with Crippen LogP contribution in [0.3, 0.4) is 0 Å². The molecular formula is C14H12OS3. The lowest BCUT2D eigenvalue weighted by Crippen LogP contribution is -1.90. The Morgan fingerprint density at radius 2 is 1.72 bits per heavy atom. The maximum atomic E-state index is 5.76. The van der Waals surface area contributed by atoms with Crippen LogP contribution < -0.4 is 4.74 Å². The van der Waals surface area contributed by atoms with Crippen molar-refractivity contribution in [2.45, 2.75) is 6.92 Å². The third-order valence-electron chi connectivity index (χ3n) is 2.51. The van der Waals surface area contributed by atoms with Gasteiger partial charge >= 0.3 is 0 Å². The van der Waals surface area contributed by atoms with Gasteiger partial charge in [-0.2, -0.15) is 0 Å². The van der Waals surface area contributed by atoms with Crippen LogP contribution in [0.15, 0.2) is 41.1 Å². The first-order valence-corrected chi connectivity index (χ1v) is 8.30. The van der Waals surface area contributed by atoms with Gasteiger partial charge in [0.2, 0.25) is 0 Å². The highest BCUT2D eigenvalue weighted by Gasteiger charge is 2.14. The zero-order valence-electron chi connectivity index (χ0n) is 9.88. The number of ether oxygens (including phenoxy) is 1. The quantitative estimate of drug-likeness (QED) is 0.608. The van der Waals surface area contributed by atoms with Crippen LogP contribution in [0.5, 0.6) is 5.75 Å². The predicted molar refractivity (Wildman–Crippen MR) is 82.1 cm³/mol. The molecule has 92 valence electrons. The monoisotopic (exact) mass is 292 g/mol. The van der Waals surface area contributed by atoms with Crippen LogP contribution in [0.2, 0.25) is 0 Å². The van der Waals surface area contributed by atoms with Crippen LogP contribution in [-0.4, -0.2) is 6.61 Å². The van der Waals surface area contributed by atoms with Crippen LogP contribution in [0.25, 0.3) is 19.5 Å². The summed E-state index contributed by atoms with van der Waals surface area (Å²) in [5.41, 5.74) is 0. The van der Waals surface area contributed by atoms with Crippen molar-refractivity contribution in [3.63, 3.8) is 0 Å². The van der Waals surface area contributed by atoms with Gasteiger partial charge in [-0.15, -0.1) is 34.0 Å². The molecule has 18 heavy (non-hydrogen) atoms. The lowest BCUT2D eigenvalue weighted by molar-refractivity contribution is 0.343. The number of thiophene rings is 3. The summed E-state index contributed by atoms with van der Waals surface area (Å²) in [6, 6.07) is 10.6. The van der Waals surface area contributed by atoms with E-state index < -0.39 is 0 Å². The van der Waals surface area contributed by atoms with E-state index in [-0.39, 0.29) is 0 Å². The molecule has 0 aliphatic carbocycles. The Labute approximate surface area is 118 Å². The topological polar surface area (TPSA) is 9.23 Å². The molecular weight excluding hydrogens is 280 g/mol. The van der Waals surface area contributed by atoms with Gasteiger partial charge < -0.3 is 4.74 Å². The molecule has 0 radical (unpaired) electrons. The Kier molecular flexibility index (Phi) is 3.50. The maximum Gasteiger partial charge on any atom is 0.139 e. The summed E-state index contributed by atoms with van der Waals surface area (Å²) < 4.78 is 5.76. The van der Waals surface area contributed by atoms with Gasteiger partial charge in [0.25, 0.3) is 0 Å². The maximum absolute atomic E-state index is 5.76. The minimum absolute atomic E-state index is 0.707. The summed E-state index contributed by atoms with van der Waals surface area (Å²) in [6.07, 6.45) is 0. The smallest absolute Gasteiger partial charge is 0.139 e. The van der Waals surface area contributed by atoms with Crippen molar-refractivity contribution in [3.05, 3.63) is 41.1 Å². The molecule has 0 aliphatic heterocycles. The van der Waals surface area contributed by atoms with Gasteiger partial charge in [-0.25, -0.2) is 0 Å². The van der Waals surface area contributed by atoms with E-state index in [1.54, 1.807) is 22.7 Å². The first-order chi connectivity index (χ1) is 8.88. The predicted octanol–water partition coefficient (Wildman–Crippen LogP) is 5.60. The second kappa shape index (κ2) is 5.26. The summed E-state index contributed by atoms with van der Waals surface area (Å²) in [6.45, 7) is 2.74. The van der Waals surface area contributed by atoms with Crippen molar-refractivity contribution in [1.29, 1.82) is 0 Å². The number of hydrogen-bond donors (Lipinski definition) is 0. The molecule has 0 atom stereocenters. The zero-order valence-corrected chi connectivity index (χ0v) is 12.3. The van der Waals surface area contributed by atoms with Gasteiger partial charge in [0.15, 0.2) is 0 Å². The summed E-state index contributed by atoms with van der Waals surface area (Å²) in [4.78, 5) is 5.13. The highest BCUT2D eigenvalue weighted by atomic mass is 32.1. The summed E-state index contributed by atoms with van der Waals surface area (Å²) in [7, 11) is 0. The fourth-order valence-electron chi connectivity index (χ4n) is 1.76. The zero-order chi connectivity index (χ0) is 12.4. The van der Waals surface area contributed by atoms with Gasteiger partial charge in [0.05, 0.1) is 11.5 Å². The molecule has 0 aliphatic rings. The van der Waals surface area contributed by atoms with Crippen molar-refractivity contribution in [3.8, 4) is 25.3 Å². The van der Waals surface area contributed by atoms with Crippen LogP contribution in [0, 0.1) is 0 Å². The van der Waals surface area contributed by atoms with E-state index in [1.807, 2.05) is 18.3 Å². The van der Waals surface area contributed by atoms with E-state index in [0.717, 1.165) is 5.75 Å². The number of hydrogen-bond acceptors (Lipinski definition) is 4. The molecule has 0 N–H and O–H groups in total. The van der Waals surface area contributed by atoms with Crippen LogP contribution in [-0.2, 0) is 0 Å². The molecule has 0 bridgehead atoms. The van der Waals surface area contributed by atoms with Gasteiger partial charge in [0.1, 0.15) is 5.75 Å². The molecule has 3 rings (SSSR count). The molecule has 0 saturated heterocycles. The lowest BCUT2D eigenvalue weighted by atomic mass is 10.3. The average molecular weight is 292 g/mol. The van der Waals surface area contributed by atoms with Crippen LogP contribution in [0.1, 0.15) is 6.92 Å². The molecule has 0 fully saturated rings. The lowest BCUT2D eigenvalue weighted by Gasteiger charge is -2.01. The molecule has 3 heterocycles. The first-order valence-electron chi connectivity index (χ1n) is 5.73. The van der Waals surface area contributed by atoms with Crippen molar-refractivity contribution < 1.29 is 4.74 Å². The minimum Gasteiger partial charge on any atom is -0.492 e. The standard InChI is InChI=1S/C14H12OS3/c1-2-15-10-9-13(11-5-3-7-16-11)18-14(10)12-6-4-8-17-12/h3-9H,2H2,1H3. The number of rotatable bonds is 4. The third-order valence-corrected chi connectivity index (χ3v) is 5.74. The Morgan fingerprint density at radius 1 is 1.00 bits per heavy atom. The fourth-order valence-corrected chi connectivity index (χ4v) is 4.54. The Bertz CT molecular complexity index is 606. The average Bonchev–Trinajstić information content (AvgIpc) is 3.11. The summed E-state index contributed by atoms with van der Waals surface area (Å²) >= 11 is 5.34. The van der Waals surface area contributed by atoms with E-state index in [0.29, 0.717) is 6.61 Å². The second-order valence-corrected chi connectivity index (χ2v) is 6.64. The highest BCUT2D eigenvalue weighted by molar-refractivity contribution is 7.26. The molecule has 1 nitrogen and oxygen atoms in total. The molecule has 0 unspecified atom stereocenters. The SMILES string of the molecule is CCOc1cc(-c2cccs2)sc1-c1cccs1. The Balaban J connectivity index is 2.07. The van der Waals surface area contributed by atoms with Crippen molar-refractivity contribution in [2.75, 3.05) is 6.61 Å². The molecule has 0 aromatic carbocycles. The normalized spacial score (nSPS) is 10.7. The van der Waals surface area contributed by atoms with Crippen molar-refractivity contribution >= 4 is 34.0 Å². The molecule has 0 saturated carbocycles. The Hall–Kier alpha value is -1.10. The van der Waals surface area contributed by atoms with Crippen LogP contribution >= 0.6 is 34.0 Å². The largest absolute Gasteiger partial charge is 0.492 e. The summed E-state index contributed by atoms with van der Waals surface area (Å²) in [5, 5.41) is 4.22. The van der Waals surface area contributed by atoms with Crippen molar-refractivity contribution in [1.82, 2.24) is 0 Å². The van der Waals surface area contributed by atoms with E-state index in [1.165, 1.54) is 19.5 Å². The minimum atomic E-state index is 0.707. The first kappa shape index (κ1) is 12.0. The van der Waals surface area contributed by atoms with E-state index in [4.69, 9.17) is 4.74 Å². The van der Waals surface area contributed by atoms with Gasteiger partial charge in [0, 0.05) is 20.7 Å². The van der Waals surface area contributed by atoms with Crippen molar-refractivity contribution in [2.24, 2.45) is 0 Å². The Morgan fingerprint density at radius 3 is 2.33 bits per heavy atom. The van der Waals surface area contributed by atoms with Gasteiger partial charge in [-0.3, -0.25) is 0 Å². The summed E-state index contributed by atoms with van der Waals surface area (Å²) in [5.74, 6) is 1.01. The van der Waals surface area contributed by atoms with E-state index in [9.17, 15) is 0 Å². The highest BCUT2D eigenvalue weighted by Crippen LogP contribution is 2.45. The molecule has 4 heteroatoms. The molecule has 0 amide bonds. The fraction of sp³-hybridized carbons (Fsp3) is 0.143. The molecule has 3 aromatic rings. The van der Waals surface area contributed by atoms with Gasteiger partial charge in [-0.1, -0.05) is 12.1 Å². The second-order valence-electron chi connectivity index (χ2n) is 3.69. The third kappa shape index (κ3) is 2.23. The van der Waals surface area contributed by atoms with Crippen LogP contribution in [0.4, 0.5) is 0 Å². The van der Waals surface area contributed by atoms with E-state index >= 15 is 0 Å². The van der Waals surface area contributed by atoms with Gasteiger partial charge in [-0.05, 0) is 29.8 Å².